The second-order valence-electron chi connectivity index (χ2n) is 5.22. The number of hydrogen-bond acceptors (Lipinski definition) is 3. The van der Waals surface area contributed by atoms with E-state index in [1.54, 1.807) is 4.68 Å². The molecule has 0 aromatic carbocycles. The van der Waals surface area contributed by atoms with Gasteiger partial charge in [0.15, 0.2) is 0 Å². The van der Waals surface area contributed by atoms with Crippen LogP contribution in [-0.2, 0) is 12.5 Å². The third-order valence-corrected chi connectivity index (χ3v) is 3.12. The fourth-order valence-electron chi connectivity index (χ4n) is 1.73. The summed E-state index contributed by atoms with van der Waals surface area (Å²) in [6, 6.07) is 0. The highest BCUT2D eigenvalue weighted by molar-refractivity contribution is 9.10. The number of aromatic nitrogens is 4. The van der Waals surface area contributed by atoms with Crippen molar-refractivity contribution in [1.29, 1.82) is 0 Å². The standard InChI is InChI=1S/C12H15BrN4O/c1-12(2,3)9-7(6-17(4)16-9)10-14-5-8(13)11(18)15-10/h5-6H,1-4H3,(H,14,15,18). The van der Waals surface area contributed by atoms with Crippen LogP contribution in [0.3, 0.4) is 0 Å². The van der Waals surface area contributed by atoms with E-state index in [0.717, 1.165) is 11.3 Å². The summed E-state index contributed by atoms with van der Waals surface area (Å²) in [7, 11) is 1.86. The van der Waals surface area contributed by atoms with Crippen LogP contribution in [0.25, 0.3) is 11.4 Å². The summed E-state index contributed by atoms with van der Waals surface area (Å²) in [5, 5.41) is 4.45. The van der Waals surface area contributed by atoms with E-state index in [1.807, 2.05) is 13.2 Å². The van der Waals surface area contributed by atoms with Gasteiger partial charge in [-0.15, -0.1) is 0 Å². The van der Waals surface area contributed by atoms with Gasteiger partial charge >= 0.3 is 0 Å². The maximum absolute atomic E-state index is 11.6. The van der Waals surface area contributed by atoms with Gasteiger partial charge in [0.25, 0.3) is 5.56 Å². The van der Waals surface area contributed by atoms with Crippen molar-refractivity contribution >= 4 is 15.9 Å². The lowest BCUT2D eigenvalue weighted by Gasteiger charge is -2.16. The summed E-state index contributed by atoms with van der Waals surface area (Å²) in [6.45, 7) is 6.24. The van der Waals surface area contributed by atoms with Crippen LogP contribution in [-0.4, -0.2) is 19.7 Å². The van der Waals surface area contributed by atoms with Crippen LogP contribution in [0.5, 0.6) is 0 Å². The zero-order valence-corrected chi connectivity index (χ0v) is 12.4. The summed E-state index contributed by atoms with van der Waals surface area (Å²) in [4.78, 5) is 18.6. The molecule has 5 nitrogen and oxygen atoms in total. The highest BCUT2D eigenvalue weighted by atomic mass is 79.9. The summed E-state index contributed by atoms with van der Waals surface area (Å²) in [5.41, 5.74) is 1.47. The fourth-order valence-corrected chi connectivity index (χ4v) is 1.93. The lowest BCUT2D eigenvalue weighted by atomic mass is 9.89. The molecule has 1 N–H and O–H groups in total. The molecule has 0 unspecified atom stereocenters. The first-order valence-corrected chi connectivity index (χ1v) is 6.37. The van der Waals surface area contributed by atoms with E-state index < -0.39 is 0 Å². The van der Waals surface area contributed by atoms with Gasteiger partial charge < -0.3 is 4.98 Å². The average molecular weight is 311 g/mol. The Morgan fingerprint density at radius 2 is 2.06 bits per heavy atom. The minimum Gasteiger partial charge on any atom is -0.305 e. The zero-order valence-electron chi connectivity index (χ0n) is 10.8. The smallest absolute Gasteiger partial charge is 0.265 e. The third kappa shape index (κ3) is 2.38. The first kappa shape index (κ1) is 13.0. The number of aromatic amines is 1. The molecule has 0 amide bonds. The van der Waals surface area contributed by atoms with Crippen LogP contribution in [0.4, 0.5) is 0 Å². The van der Waals surface area contributed by atoms with Crippen molar-refractivity contribution in [3.05, 3.63) is 32.9 Å². The van der Waals surface area contributed by atoms with E-state index in [0.29, 0.717) is 10.3 Å². The van der Waals surface area contributed by atoms with Crippen LogP contribution in [0.2, 0.25) is 0 Å². The molecule has 96 valence electrons. The Morgan fingerprint density at radius 1 is 1.39 bits per heavy atom. The Morgan fingerprint density at radius 3 is 2.61 bits per heavy atom. The first-order chi connectivity index (χ1) is 8.29. The maximum Gasteiger partial charge on any atom is 0.265 e. The topological polar surface area (TPSA) is 63.6 Å². The Kier molecular flexibility index (Phi) is 3.14. The minimum absolute atomic E-state index is 0.109. The van der Waals surface area contributed by atoms with Crippen LogP contribution < -0.4 is 5.56 Å². The van der Waals surface area contributed by atoms with E-state index in [1.165, 1.54) is 6.20 Å². The highest BCUT2D eigenvalue weighted by Crippen LogP contribution is 2.29. The van der Waals surface area contributed by atoms with Crippen molar-refractivity contribution in [2.45, 2.75) is 26.2 Å². The molecule has 0 aliphatic heterocycles. The van der Waals surface area contributed by atoms with Crippen LogP contribution in [0.15, 0.2) is 21.7 Å². The van der Waals surface area contributed by atoms with Crippen molar-refractivity contribution in [2.75, 3.05) is 0 Å². The molecule has 0 aliphatic carbocycles. The van der Waals surface area contributed by atoms with Gasteiger partial charge in [-0.3, -0.25) is 9.48 Å². The zero-order chi connectivity index (χ0) is 13.5. The van der Waals surface area contributed by atoms with Crippen LogP contribution >= 0.6 is 15.9 Å². The van der Waals surface area contributed by atoms with Gasteiger partial charge in [-0.05, 0) is 15.9 Å². The molecule has 0 radical (unpaired) electrons. The third-order valence-electron chi connectivity index (χ3n) is 2.55. The monoisotopic (exact) mass is 310 g/mol. The Bertz CT molecular complexity index is 636. The first-order valence-electron chi connectivity index (χ1n) is 5.58. The quantitative estimate of drug-likeness (QED) is 0.878. The molecule has 2 aromatic heterocycles. The lowest BCUT2D eigenvalue weighted by molar-refractivity contribution is 0.554. The Balaban J connectivity index is 2.64. The van der Waals surface area contributed by atoms with Gasteiger partial charge in [-0.25, -0.2) is 4.98 Å². The molecule has 6 heteroatoms. The van der Waals surface area contributed by atoms with E-state index in [2.05, 4.69) is 51.8 Å². The van der Waals surface area contributed by atoms with Crippen LogP contribution in [0.1, 0.15) is 26.5 Å². The SMILES string of the molecule is Cn1cc(-c2ncc(Br)c(=O)[nH]2)c(C(C)(C)C)n1. The van der Waals surface area contributed by atoms with Gasteiger partial charge in [0.2, 0.25) is 0 Å². The minimum atomic E-state index is -0.191. The Labute approximate surface area is 113 Å². The molecular formula is C12H15BrN4O. The van der Waals surface area contributed by atoms with Gasteiger partial charge in [0.05, 0.1) is 11.3 Å². The van der Waals surface area contributed by atoms with Gasteiger partial charge in [0, 0.05) is 24.9 Å². The van der Waals surface area contributed by atoms with Crippen LogP contribution in [0, 0.1) is 0 Å². The molecule has 2 rings (SSSR count). The van der Waals surface area contributed by atoms with Gasteiger partial charge in [0.1, 0.15) is 10.3 Å². The molecule has 0 aliphatic rings. The molecule has 0 saturated heterocycles. The molecule has 18 heavy (non-hydrogen) atoms. The number of nitrogens with one attached hydrogen (secondary N) is 1. The van der Waals surface area contributed by atoms with Gasteiger partial charge in [-0.2, -0.15) is 5.10 Å². The summed E-state index contributed by atoms with van der Waals surface area (Å²) in [6.07, 6.45) is 3.38. The lowest BCUT2D eigenvalue weighted by Crippen LogP contribution is -2.15. The van der Waals surface area contributed by atoms with Crippen molar-refractivity contribution in [2.24, 2.45) is 7.05 Å². The van der Waals surface area contributed by atoms with Crippen molar-refractivity contribution < 1.29 is 0 Å². The Hall–Kier alpha value is -1.43. The van der Waals surface area contributed by atoms with Gasteiger partial charge in [-0.1, -0.05) is 20.8 Å². The van der Waals surface area contributed by atoms with E-state index in [4.69, 9.17) is 0 Å². The molecular weight excluding hydrogens is 296 g/mol. The normalized spacial score (nSPS) is 11.8. The number of hydrogen-bond donors (Lipinski definition) is 1. The van der Waals surface area contributed by atoms with E-state index in [-0.39, 0.29) is 11.0 Å². The molecule has 0 bridgehead atoms. The fraction of sp³-hybridized carbons (Fsp3) is 0.417. The summed E-state index contributed by atoms with van der Waals surface area (Å²) in [5.74, 6) is 0.543. The molecule has 2 heterocycles. The second-order valence-corrected chi connectivity index (χ2v) is 6.08. The summed E-state index contributed by atoms with van der Waals surface area (Å²) < 4.78 is 2.16. The van der Waals surface area contributed by atoms with Crippen molar-refractivity contribution in [3.63, 3.8) is 0 Å². The predicted octanol–water partition coefficient (Wildman–Crippen LogP) is 2.23. The molecule has 2 aromatic rings. The highest BCUT2D eigenvalue weighted by Gasteiger charge is 2.23. The summed E-state index contributed by atoms with van der Waals surface area (Å²) >= 11 is 3.14. The molecule has 0 fully saturated rings. The number of nitrogens with zero attached hydrogens (tertiary/aromatic N) is 3. The van der Waals surface area contributed by atoms with Crippen molar-refractivity contribution in [3.8, 4) is 11.4 Å². The molecule has 0 atom stereocenters. The molecule has 0 spiro atoms. The van der Waals surface area contributed by atoms with E-state index >= 15 is 0 Å². The van der Waals surface area contributed by atoms with Crippen molar-refractivity contribution in [1.82, 2.24) is 19.7 Å². The molecule has 0 saturated carbocycles. The number of H-pyrrole nitrogens is 1. The van der Waals surface area contributed by atoms with E-state index in [9.17, 15) is 4.79 Å². The number of rotatable bonds is 1. The number of aryl methyl sites for hydroxylation is 1. The maximum atomic E-state index is 11.6. The largest absolute Gasteiger partial charge is 0.305 e. The average Bonchev–Trinajstić information content (AvgIpc) is 2.64. The predicted molar refractivity (Wildman–Crippen MR) is 73.5 cm³/mol. The number of halogens is 1. The second kappa shape index (κ2) is 4.35.